The number of nitrogens with zero attached hydrogens (tertiary/aromatic N) is 3. The zero-order valence-corrected chi connectivity index (χ0v) is 11.2. The predicted molar refractivity (Wildman–Crippen MR) is 75.2 cm³/mol. The summed E-state index contributed by atoms with van der Waals surface area (Å²) in [5, 5.41) is 10.9. The third-order valence-corrected chi connectivity index (χ3v) is 3.57. The molecule has 0 spiro atoms. The monoisotopic (exact) mass is 264 g/mol. The molecule has 1 aliphatic rings. The van der Waals surface area contributed by atoms with Crippen LogP contribution in [0, 0.1) is 10.1 Å². The lowest BCUT2D eigenvalue weighted by molar-refractivity contribution is -0.384. The standard InChI is InChI=1S/C13H20N4O2/c1-2-5-10-6-3-4-7-16(10)13-9-11(17(18)19)8-12(14)15-13/h8-10H,2-7H2,1H3,(H2,14,15). The molecule has 1 aromatic heterocycles. The molecule has 0 saturated carbocycles. The van der Waals surface area contributed by atoms with Gasteiger partial charge in [0.1, 0.15) is 11.6 Å². The van der Waals surface area contributed by atoms with Crippen LogP contribution in [0.25, 0.3) is 0 Å². The molecule has 2 N–H and O–H groups in total. The number of hydrogen-bond donors (Lipinski definition) is 1. The first-order valence-electron chi connectivity index (χ1n) is 6.80. The molecular formula is C13H20N4O2. The Morgan fingerprint density at radius 1 is 1.53 bits per heavy atom. The summed E-state index contributed by atoms with van der Waals surface area (Å²) in [6.07, 6.45) is 5.63. The maximum Gasteiger partial charge on any atom is 0.276 e. The van der Waals surface area contributed by atoms with Crippen LogP contribution in [0.2, 0.25) is 0 Å². The molecule has 6 heteroatoms. The van der Waals surface area contributed by atoms with E-state index in [2.05, 4.69) is 16.8 Å². The molecule has 1 unspecified atom stereocenters. The minimum absolute atomic E-state index is 0.0170. The minimum atomic E-state index is -0.416. The molecule has 0 bridgehead atoms. The van der Waals surface area contributed by atoms with Crippen molar-refractivity contribution in [2.45, 2.75) is 45.1 Å². The molecule has 6 nitrogen and oxygen atoms in total. The van der Waals surface area contributed by atoms with E-state index in [9.17, 15) is 10.1 Å². The van der Waals surface area contributed by atoms with Crippen molar-refractivity contribution in [1.82, 2.24) is 4.98 Å². The first kappa shape index (κ1) is 13.6. The molecule has 2 rings (SSSR count). The van der Waals surface area contributed by atoms with Gasteiger partial charge in [0.25, 0.3) is 5.69 Å². The highest BCUT2D eigenvalue weighted by Gasteiger charge is 2.24. The van der Waals surface area contributed by atoms with Crippen molar-refractivity contribution < 1.29 is 4.92 Å². The van der Waals surface area contributed by atoms with Crippen LogP contribution in [-0.2, 0) is 0 Å². The van der Waals surface area contributed by atoms with Crippen molar-refractivity contribution in [1.29, 1.82) is 0 Å². The number of nitrogen functional groups attached to an aromatic ring is 1. The van der Waals surface area contributed by atoms with Crippen molar-refractivity contribution in [2.75, 3.05) is 17.2 Å². The van der Waals surface area contributed by atoms with Crippen LogP contribution in [0.3, 0.4) is 0 Å². The summed E-state index contributed by atoms with van der Waals surface area (Å²) in [7, 11) is 0. The van der Waals surface area contributed by atoms with Crippen LogP contribution in [0.4, 0.5) is 17.3 Å². The second-order valence-corrected chi connectivity index (χ2v) is 5.00. The third-order valence-electron chi connectivity index (χ3n) is 3.57. The zero-order chi connectivity index (χ0) is 13.8. The summed E-state index contributed by atoms with van der Waals surface area (Å²) in [5.74, 6) is 0.856. The molecule has 1 aromatic rings. The highest BCUT2D eigenvalue weighted by Crippen LogP contribution is 2.29. The molecule has 1 fully saturated rings. The number of aromatic nitrogens is 1. The van der Waals surface area contributed by atoms with Crippen LogP contribution >= 0.6 is 0 Å². The lowest BCUT2D eigenvalue weighted by atomic mass is 9.98. The van der Waals surface area contributed by atoms with Gasteiger partial charge in [0, 0.05) is 12.6 Å². The molecule has 104 valence electrons. The van der Waals surface area contributed by atoms with Crippen LogP contribution in [-0.4, -0.2) is 22.5 Å². The van der Waals surface area contributed by atoms with Crippen LogP contribution in [0.15, 0.2) is 12.1 Å². The number of piperidine rings is 1. The normalized spacial score (nSPS) is 19.4. The number of anilines is 2. The van der Waals surface area contributed by atoms with E-state index in [1.54, 1.807) is 0 Å². The van der Waals surface area contributed by atoms with Gasteiger partial charge in [-0.25, -0.2) is 4.98 Å². The van der Waals surface area contributed by atoms with E-state index in [-0.39, 0.29) is 11.5 Å². The Kier molecular flexibility index (Phi) is 4.19. The first-order chi connectivity index (χ1) is 9.11. The first-order valence-corrected chi connectivity index (χ1v) is 6.80. The average Bonchev–Trinajstić information content (AvgIpc) is 2.39. The molecule has 0 aliphatic carbocycles. The Balaban J connectivity index is 2.30. The number of hydrogen-bond acceptors (Lipinski definition) is 5. The van der Waals surface area contributed by atoms with Gasteiger partial charge in [-0.1, -0.05) is 13.3 Å². The lowest BCUT2D eigenvalue weighted by Crippen LogP contribution is -2.40. The van der Waals surface area contributed by atoms with Crippen LogP contribution in [0.5, 0.6) is 0 Å². The second kappa shape index (κ2) is 5.86. The quantitative estimate of drug-likeness (QED) is 0.667. The topological polar surface area (TPSA) is 85.3 Å². The molecule has 1 saturated heterocycles. The number of rotatable bonds is 4. The largest absolute Gasteiger partial charge is 0.383 e. The minimum Gasteiger partial charge on any atom is -0.383 e. The van der Waals surface area contributed by atoms with E-state index in [4.69, 9.17) is 5.73 Å². The maximum absolute atomic E-state index is 10.9. The highest BCUT2D eigenvalue weighted by atomic mass is 16.6. The molecule has 2 heterocycles. The summed E-state index contributed by atoms with van der Waals surface area (Å²) in [6, 6.07) is 3.26. The Morgan fingerprint density at radius 3 is 3.00 bits per heavy atom. The van der Waals surface area contributed by atoms with Crippen molar-refractivity contribution in [3.05, 3.63) is 22.2 Å². The van der Waals surface area contributed by atoms with E-state index >= 15 is 0 Å². The fourth-order valence-electron chi connectivity index (χ4n) is 2.71. The van der Waals surface area contributed by atoms with E-state index in [1.165, 1.54) is 18.6 Å². The van der Waals surface area contributed by atoms with Gasteiger partial charge in [0.05, 0.1) is 17.1 Å². The van der Waals surface area contributed by atoms with Gasteiger partial charge in [-0.3, -0.25) is 10.1 Å². The summed E-state index contributed by atoms with van der Waals surface area (Å²) >= 11 is 0. The molecular weight excluding hydrogens is 244 g/mol. The molecule has 0 aromatic carbocycles. The molecule has 1 atom stereocenters. The van der Waals surface area contributed by atoms with E-state index in [0.29, 0.717) is 11.9 Å². The third kappa shape index (κ3) is 3.13. The van der Waals surface area contributed by atoms with Gasteiger partial charge in [-0.2, -0.15) is 0 Å². The van der Waals surface area contributed by atoms with Crippen molar-refractivity contribution in [3.8, 4) is 0 Å². The lowest BCUT2D eigenvalue weighted by Gasteiger charge is -2.36. The van der Waals surface area contributed by atoms with Gasteiger partial charge in [-0.05, 0) is 25.7 Å². The maximum atomic E-state index is 10.9. The predicted octanol–water partition coefficient (Wildman–Crippen LogP) is 2.73. The van der Waals surface area contributed by atoms with Crippen LogP contribution < -0.4 is 10.6 Å². The van der Waals surface area contributed by atoms with Gasteiger partial charge < -0.3 is 10.6 Å². The smallest absolute Gasteiger partial charge is 0.276 e. The van der Waals surface area contributed by atoms with Gasteiger partial charge >= 0.3 is 0 Å². The van der Waals surface area contributed by atoms with E-state index < -0.39 is 4.92 Å². The Bertz CT molecular complexity index is 462. The molecule has 19 heavy (non-hydrogen) atoms. The molecule has 1 aliphatic heterocycles. The molecule has 0 amide bonds. The summed E-state index contributed by atoms with van der Waals surface area (Å²) in [6.45, 7) is 3.06. The summed E-state index contributed by atoms with van der Waals surface area (Å²) in [4.78, 5) is 16.9. The Morgan fingerprint density at radius 2 is 2.32 bits per heavy atom. The van der Waals surface area contributed by atoms with Gasteiger partial charge in [-0.15, -0.1) is 0 Å². The Hall–Kier alpha value is -1.85. The fraction of sp³-hybridized carbons (Fsp3) is 0.615. The fourth-order valence-corrected chi connectivity index (χ4v) is 2.71. The average molecular weight is 264 g/mol. The number of pyridine rings is 1. The van der Waals surface area contributed by atoms with Gasteiger partial charge in [0.2, 0.25) is 0 Å². The van der Waals surface area contributed by atoms with Crippen molar-refractivity contribution in [2.24, 2.45) is 0 Å². The number of nitro groups is 1. The second-order valence-electron chi connectivity index (χ2n) is 5.00. The van der Waals surface area contributed by atoms with Crippen LogP contribution in [0.1, 0.15) is 39.0 Å². The SMILES string of the molecule is CCCC1CCCCN1c1cc([N+](=O)[O-])cc(N)n1. The molecule has 0 radical (unpaired) electrons. The summed E-state index contributed by atoms with van der Waals surface area (Å²) < 4.78 is 0. The number of nitrogens with two attached hydrogens (primary N) is 1. The highest BCUT2D eigenvalue weighted by molar-refractivity contribution is 5.54. The van der Waals surface area contributed by atoms with Crippen molar-refractivity contribution in [3.63, 3.8) is 0 Å². The van der Waals surface area contributed by atoms with Crippen molar-refractivity contribution >= 4 is 17.3 Å². The zero-order valence-electron chi connectivity index (χ0n) is 11.2. The Labute approximate surface area is 112 Å². The van der Waals surface area contributed by atoms with Gasteiger partial charge in [0.15, 0.2) is 0 Å². The van der Waals surface area contributed by atoms with E-state index in [0.717, 1.165) is 32.2 Å². The summed E-state index contributed by atoms with van der Waals surface area (Å²) in [5.41, 5.74) is 5.70. The van der Waals surface area contributed by atoms with E-state index in [1.807, 2.05) is 0 Å².